The highest BCUT2D eigenvalue weighted by Gasteiger charge is 2.15. The molecule has 0 amide bonds. The van der Waals surface area contributed by atoms with Crippen LogP contribution < -0.4 is 17.1 Å². The van der Waals surface area contributed by atoms with Gasteiger partial charge in [0, 0.05) is 26.2 Å². The first-order valence-electron chi connectivity index (χ1n) is 6.66. The van der Waals surface area contributed by atoms with Crippen molar-refractivity contribution in [2.24, 2.45) is 14.1 Å². The van der Waals surface area contributed by atoms with Crippen molar-refractivity contribution >= 4 is 11.9 Å². The molecule has 1 unspecified atom stereocenters. The predicted octanol–water partition coefficient (Wildman–Crippen LogP) is -3.12. The third-order valence-corrected chi connectivity index (χ3v) is 2.98. The van der Waals surface area contributed by atoms with Crippen LogP contribution in [0.3, 0.4) is 0 Å². The van der Waals surface area contributed by atoms with Crippen molar-refractivity contribution in [3.63, 3.8) is 0 Å². The normalized spacial score (nSPS) is 12.2. The topological polar surface area (TPSA) is 139 Å². The van der Waals surface area contributed by atoms with Gasteiger partial charge in [-0.25, -0.2) is 37.7 Å². The van der Waals surface area contributed by atoms with Gasteiger partial charge in [-0.05, 0) is 0 Å². The lowest BCUT2D eigenvalue weighted by molar-refractivity contribution is -0.141. The van der Waals surface area contributed by atoms with Crippen LogP contribution in [0.25, 0.3) is 0 Å². The van der Waals surface area contributed by atoms with Crippen molar-refractivity contribution < 1.29 is 24.2 Å². The number of aliphatic hydroxyl groups excluding tert-OH is 1. The van der Waals surface area contributed by atoms with Gasteiger partial charge in [0.15, 0.2) is 0 Å². The van der Waals surface area contributed by atoms with Gasteiger partial charge in [-0.3, -0.25) is 0 Å². The fraction of sp³-hybridized carbons (Fsp3) is 0.462. The monoisotopic (exact) mass is 343 g/mol. The van der Waals surface area contributed by atoms with Gasteiger partial charge in [-0.2, -0.15) is 0 Å². The van der Waals surface area contributed by atoms with Crippen LogP contribution in [-0.4, -0.2) is 50.6 Å². The molecular formula is C13H17N3O8. The Bertz CT molecular complexity index is 789. The molecule has 0 aromatic carbocycles. The number of carbonyl (C=O) groups is 2. The summed E-state index contributed by atoms with van der Waals surface area (Å²) in [5, 5.41) is 9.79. The summed E-state index contributed by atoms with van der Waals surface area (Å²) in [6.45, 7) is -1.00. The van der Waals surface area contributed by atoms with E-state index in [2.05, 4.69) is 9.47 Å². The summed E-state index contributed by atoms with van der Waals surface area (Å²) in [7, 11) is 3.50. The molecule has 1 atom stereocenters. The van der Waals surface area contributed by atoms with Crippen molar-refractivity contribution in [2.75, 3.05) is 13.7 Å². The molecular weight excluding hydrogens is 326 g/mol. The number of aromatic nitrogens is 3. The maximum atomic E-state index is 11.9. The molecule has 1 N–H and O–H groups in total. The highest BCUT2D eigenvalue weighted by molar-refractivity contribution is 5.91. The van der Waals surface area contributed by atoms with Crippen LogP contribution in [0.1, 0.15) is 0 Å². The average Bonchev–Trinajstić information content (AvgIpc) is 2.57. The van der Waals surface area contributed by atoms with E-state index < -0.39 is 48.3 Å². The molecule has 11 nitrogen and oxygen atoms in total. The molecule has 0 saturated carbocycles. The molecule has 1 rings (SSSR count). The quantitative estimate of drug-likeness (QED) is 0.423. The lowest BCUT2D eigenvalue weighted by Gasteiger charge is -2.13. The predicted molar refractivity (Wildman–Crippen MR) is 79.3 cm³/mol. The fourth-order valence-electron chi connectivity index (χ4n) is 1.68. The number of ether oxygens (including phenoxy) is 2. The van der Waals surface area contributed by atoms with E-state index in [1.807, 2.05) is 0 Å². The van der Waals surface area contributed by atoms with Gasteiger partial charge >= 0.3 is 29.0 Å². The van der Waals surface area contributed by atoms with E-state index in [-0.39, 0.29) is 0 Å². The summed E-state index contributed by atoms with van der Waals surface area (Å²) in [6, 6.07) is 0. The van der Waals surface area contributed by atoms with Crippen molar-refractivity contribution in [3.8, 4) is 0 Å². The molecule has 1 aromatic heterocycles. The van der Waals surface area contributed by atoms with E-state index in [1.165, 1.54) is 14.1 Å². The van der Waals surface area contributed by atoms with Crippen LogP contribution >= 0.6 is 0 Å². The first kappa shape index (κ1) is 19.1. The standard InChI is InChI=1S/C13H17N3O8/c1-14-11(20)15(2)13(22)16(12(14)21)6-8(17)7-24-10(19)5-4-9(18)23-3/h4-5,8,17H,6-7H2,1-3H3/b5-4+. The number of hydrogen-bond acceptors (Lipinski definition) is 8. The Morgan fingerprint density at radius 1 is 1.04 bits per heavy atom. The van der Waals surface area contributed by atoms with Crippen LogP contribution in [0.2, 0.25) is 0 Å². The van der Waals surface area contributed by atoms with Crippen LogP contribution in [0, 0.1) is 0 Å². The smallest absolute Gasteiger partial charge is 0.336 e. The van der Waals surface area contributed by atoms with E-state index in [0.717, 1.165) is 19.3 Å². The number of aliphatic hydroxyl groups is 1. The lowest BCUT2D eigenvalue weighted by atomic mass is 10.4. The minimum atomic E-state index is -1.37. The molecule has 0 fully saturated rings. The Balaban J connectivity index is 2.79. The molecule has 0 radical (unpaired) electrons. The average molecular weight is 343 g/mol. The Hall–Kier alpha value is -2.95. The molecule has 0 aliphatic rings. The van der Waals surface area contributed by atoms with Gasteiger partial charge in [0.2, 0.25) is 0 Å². The minimum absolute atomic E-state index is 0.479. The van der Waals surface area contributed by atoms with E-state index in [9.17, 15) is 29.1 Å². The molecule has 0 aliphatic carbocycles. The van der Waals surface area contributed by atoms with Gasteiger partial charge in [0.25, 0.3) is 0 Å². The van der Waals surface area contributed by atoms with Crippen molar-refractivity contribution in [1.29, 1.82) is 0 Å². The maximum absolute atomic E-state index is 11.9. The second-order valence-corrected chi connectivity index (χ2v) is 4.72. The molecule has 0 spiro atoms. The summed E-state index contributed by atoms with van der Waals surface area (Å²) >= 11 is 0. The lowest BCUT2D eigenvalue weighted by Crippen LogP contribution is -2.54. The molecule has 0 saturated heterocycles. The molecule has 132 valence electrons. The largest absolute Gasteiger partial charge is 0.466 e. The number of carbonyl (C=O) groups excluding carboxylic acids is 2. The van der Waals surface area contributed by atoms with Crippen LogP contribution in [0.5, 0.6) is 0 Å². The second kappa shape index (κ2) is 8.06. The number of methoxy groups -OCH3 is 1. The zero-order valence-corrected chi connectivity index (χ0v) is 13.3. The molecule has 1 heterocycles. The zero-order chi connectivity index (χ0) is 18.4. The zero-order valence-electron chi connectivity index (χ0n) is 13.3. The molecule has 1 aromatic rings. The van der Waals surface area contributed by atoms with Crippen LogP contribution in [0.15, 0.2) is 26.5 Å². The van der Waals surface area contributed by atoms with Gasteiger partial charge in [0.05, 0.1) is 13.7 Å². The number of nitrogens with zero attached hydrogens (tertiary/aromatic N) is 3. The second-order valence-electron chi connectivity index (χ2n) is 4.72. The third-order valence-electron chi connectivity index (χ3n) is 2.98. The summed E-state index contributed by atoms with van der Waals surface area (Å²) in [6.07, 6.45) is 0.265. The maximum Gasteiger partial charge on any atom is 0.336 e. The number of esters is 2. The third kappa shape index (κ3) is 4.52. The van der Waals surface area contributed by atoms with Gasteiger partial charge in [-0.15, -0.1) is 0 Å². The molecule has 11 heteroatoms. The first-order valence-corrected chi connectivity index (χ1v) is 6.66. The summed E-state index contributed by atoms with van der Waals surface area (Å²) in [5.74, 6) is -1.67. The van der Waals surface area contributed by atoms with Crippen molar-refractivity contribution in [3.05, 3.63) is 43.6 Å². The highest BCUT2D eigenvalue weighted by Crippen LogP contribution is 1.91. The summed E-state index contributed by atoms with van der Waals surface area (Å²) < 4.78 is 11.0. The fourth-order valence-corrected chi connectivity index (χ4v) is 1.68. The van der Waals surface area contributed by atoms with Gasteiger partial charge < -0.3 is 14.6 Å². The number of rotatable bonds is 6. The van der Waals surface area contributed by atoms with E-state index >= 15 is 0 Å². The SMILES string of the molecule is COC(=O)/C=C/C(=O)OCC(O)Cn1c(=O)n(C)c(=O)n(C)c1=O. The minimum Gasteiger partial charge on any atom is -0.466 e. The van der Waals surface area contributed by atoms with E-state index in [0.29, 0.717) is 13.7 Å². The summed E-state index contributed by atoms with van der Waals surface area (Å²) in [5.41, 5.74) is -2.60. The van der Waals surface area contributed by atoms with E-state index in [1.54, 1.807) is 0 Å². The van der Waals surface area contributed by atoms with Crippen LogP contribution in [0.4, 0.5) is 0 Å². The highest BCUT2D eigenvalue weighted by atomic mass is 16.5. The van der Waals surface area contributed by atoms with E-state index in [4.69, 9.17) is 0 Å². The number of hydrogen-bond donors (Lipinski definition) is 1. The molecule has 24 heavy (non-hydrogen) atoms. The molecule has 0 bridgehead atoms. The van der Waals surface area contributed by atoms with Gasteiger partial charge in [0.1, 0.15) is 12.7 Å². The molecule has 0 aliphatic heterocycles. The van der Waals surface area contributed by atoms with Crippen molar-refractivity contribution in [1.82, 2.24) is 13.7 Å². The van der Waals surface area contributed by atoms with Gasteiger partial charge in [-0.1, -0.05) is 0 Å². The first-order chi connectivity index (χ1) is 11.2. The Labute approximate surface area is 135 Å². The summed E-state index contributed by atoms with van der Waals surface area (Å²) in [4.78, 5) is 57.4. The van der Waals surface area contributed by atoms with Crippen molar-refractivity contribution in [2.45, 2.75) is 12.6 Å². The Kier molecular flexibility index (Phi) is 6.41. The Morgan fingerprint density at radius 2 is 1.54 bits per heavy atom. The Morgan fingerprint density at radius 3 is 2.04 bits per heavy atom. The van der Waals surface area contributed by atoms with Crippen LogP contribution in [-0.2, 0) is 39.7 Å².